The maximum absolute atomic E-state index is 13.8. The largest absolute Gasteiger partial charge is 0.322 e. The number of aryl methyl sites for hydroxylation is 1. The molecule has 0 spiro atoms. The Hall–Kier alpha value is -2.34. The molecule has 2 amide bonds. The fourth-order valence-electron chi connectivity index (χ4n) is 2.38. The Kier molecular flexibility index (Phi) is 4.34. The van der Waals surface area contributed by atoms with E-state index in [1.807, 2.05) is 18.2 Å². The first-order valence-electron chi connectivity index (χ1n) is 7.13. The molecule has 6 heteroatoms. The van der Waals surface area contributed by atoms with E-state index in [9.17, 15) is 14.0 Å². The third-order valence-corrected chi connectivity index (χ3v) is 4.56. The molecule has 118 valence electrons. The van der Waals surface area contributed by atoms with Crippen LogP contribution < -0.4 is 10.2 Å². The molecule has 1 heterocycles. The number of carbonyl (C=O) groups is 2. The monoisotopic (exact) mass is 330 g/mol. The van der Waals surface area contributed by atoms with Crippen LogP contribution in [0.4, 0.5) is 15.8 Å². The highest BCUT2D eigenvalue weighted by atomic mass is 32.2. The number of nitrogens with zero attached hydrogens (tertiary/aromatic N) is 1. The Labute approximate surface area is 137 Å². The number of para-hydroxylation sites is 1. The molecule has 0 radical (unpaired) electrons. The summed E-state index contributed by atoms with van der Waals surface area (Å²) in [6, 6.07) is 12.0. The maximum Gasteiger partial charge on any atom is 0.244 e. The molecule has 1 aliphatic rings. The molecule has 2 aromatic carbocycles. The Morgan fingerprint density at radius 3 is 2.87 bits per heavy atom. The zero-order valence-electron chi connectivity index (χ0n) is 12.5. The van der Waals surface area contributed by atoms with E-state index in [1.54, 1.807) is 19.1 Å². The van der Waals surface area contributed by atoms with E-state index >= 15 is 0 Å². The quantitative estimate of drug-likeness (QED) is 0.940. The number of rotatable bonds is 3. The van der Waals surface area contributed by atoms with Gasteiger partial charge in [-0.05, 0) is 36.8 Å². The van der Waals surface area contributed by atoms with Crippen molar-refractivity contribution in [1.29, 1.82) is 0 Å². The lowest BCUT2D eigenvalue weighted by Crippen LogP contribution is -2.41. The number of hydrogen-bond acceptors (Lipinski definition) is 3. The molecule has 0 saturated heterocycles. The molecule has 2 aromatic rings. The van der Waals surface area contributed by atoms with Crippen molar-refractivity contribution in [2.45, 2.75) is 11.8 Å². The van der Waals surface area contributed by atoms with Crippen LogP contribution in [0, 0.1) is 12.7 Å². The van der Waals surface area contributed by atoms with Crippen LogP contribution in [0.5, 0.6) is 0 Å². The average molecular weight is 330 g/mol. The zero-order chi connectivity index (χ0) is 16.4. The Morgan fingerprint density at radius 2 is 2.09 bits per heavy atom. The van der Waals surface area contributed by atoms with Gasteiger partial charge in [0.25, 0.3) is 0 Å². The number of nitrogens with one attached hydrogen (secondary N) is 1. The van der Waals surface area contributed by atoms with E-state index in [0.29, 0.717) is 11.4 Å². The zero-order valence-corrected chi connectivity index (χ0v) is 13.3. The maximum atomic E-state index is 13.8. The van der Waals surface area contributed by atoms with Crippen molar-refractivity contribution in [3.05, 3.63) is 53.8 Å². The second-order valence-electron chi connectivity index (χ2n) is 5.27. The molecule has 23 heavy (non-hydrogen) atoms. The number of benzene rings is 2. The fraction of sp³-hybridized carbons (Fsp3) is 0.176. The summed E-state index contributed by atoms with van der Waals surface area (Å²) in [4.78, 5) is 26.7. The Bertz CT molecular complexity index is 779. The second-order valence-corrected chi connectivity index (χ2v) is 6.28. The van der Waals surface area contributed by atoms with Gasteiger partial charge in [0.2, 0.25) is 11.8 Å². The SMILES string of the molecule is Cc1ccc(NC(=O)CN2C(=O)CSc3ccccc32)c(F)c1. The van der Waals surface area contributed by atoms with Crippen molar-refractivity contribution in [1.82, 2.24) is 0 Å². The fourth-order valence-corrected chi connectivity index (χ4v) is 3.32. The van der Waals surface area contributed by atoms with Crippen molar-refractivity contribution in [3.8, 4) is 0 Å². The molecular formula is C17H15FN2O2S. The van der Waals surface area contributed by atoms with Crippen LogP contribution in [-0.2, 0) is 9.59 Å². The molecule has 0 saturated carbocycles. The van der Waals surface area contributed by atoms with Crippen molar-refractivity contribution >= 4 is 35.0 Å². The normalized spacial score (nSPS) is 13.7. The van der Waals surface area contributed by atoms with Gasteiger partial charge in [0.1, 0.15) is 12.4 Å². The molecule has 0 aliphatic carbocycles. The van der Waals surface area contributed by atoms with Gasteiger partial charge in [-0.1, -0.05) is 18.2 Å². The smallest absolute Gasteiger partial charge is 0.244 e. The predicted octanol–water partition coefficient (Wildman–Crippen LogP) is 3.21. The molecule has 0 fully saturated rings. The predicted molar refractivity (Wildman–Crippen MR) is 89.3 cm³/mol. The molecule has 0 aromatic heterocycles. The van der Waals surface area contributed by atoms with E-state index in [2.05, 4.69) is 5.32 Å². The highest BCUT2D eigenvalue weighted by Gasteiger charge is 2.26. The summed E-state index contributed by atoms with van der Waals surface area (Å²) in [5.74, 6) is -0.751. The summed E-state index contributed by atoms with van der Waals surface area (Å²) in [7, 11) is 0. The van der Waals surface area contributed by atoms with Gasteiger partial charge >= 0.3 is 0 Å². The minimum Gasteiger partial charge on any atom is -0.322 e. The summed E-state index contributed by atoms with van der Waals surface area (Å²) >= 11 is 1.45. The van der Waals surface area contributed by atoms with Crippen LogP contribution in [-0.4, -0.2) is 24.1 Å². The summed E-state index contributed by atoms with van der Waals surface area (Å²) in [5, 5.41) is 2.52. The molecule has 3 rings (SSSR count). The van der Waals surface area contributed by atoms with Gasteiger partial charge in [-0.3, -0.25) is 9.59 Å². The van der Waals surface area contributed by atoms with Crippen LogP contribution in [0.2, 0.25) is 0 Å². The molecular weight excluding hydrogens is 315 g/mol. The lowest BCUT2D eigenvalue weighted by Gasteiger charge is -2.28. The van der Waals surface area contributed by atoms with E-state index < -0.39 is 11.7 Å². The first kappa shape index (κ1) is 15.6. The number of amides is 2. The van der Waals surface area contributed by atoms with Crippen LogP contribution in [0.1, 0.15) is 5.56 Å². The first-order chi connectivity index (χ1) is 11.0. The van der Waals surface area contributed by atoms with Crippen LogP contribution in [0.3, 0.4) is 0 Å². The topological polar surface area (TPSA) is 49.4 Å². The van der Waals surface area contributed by atoms with Gasteiger partial charge in [-0.2, -0.15) is 0 Å². The number of thioether (sulfide) groups is 1. The minimum absolute atomic E-state index is 0.118. The van der Waals surface area contributed by atoms with Crippen LogP contribution in [0.25, 0.3) is 0 Å². The van der Waals surface area contributed by atoms with Gasteiger partial charge in [0.15, 0.2) is 0 Å². The van der Waals surface area contributed by atoms with Gasteiger partial charge in [-0.15, -0.1) is 11.8 Å². The highest BCUT2D eigenvalue weighted by molar-refractivity contribution is 8.00. The number of anilines is 2. The van der Waals surface area contributed by atoms with Crippen molar-refractivity contribution in [3.63, 3.8) is 0 Å². The lowest BCUT2D eigenvalue weighted by molar-refractivity contribution is -0.120. The standard InChI is InChI=1S/C17H15FN2O2S/c1-11-6-7-13(12(18)8-11)19-16(21)9-20-14-4-2-3-5-15(14)23-10-17(20)22/h2-8H,9-10H2,1H3,(H,19,21). The van der Waals surface area contributed by atoms with Crippen molar-refractivity contribution < 1.29 is 14.0 Å². The third kappa shape index (κ3) is 3.37. The van der Waals surface area contributed by atoms with Gasteiger partial charge < -0.3 is 10.2 Å². The molecule has 4 nitrogen and oxygen atoms in total. The van der Waals surface area contributed by atoms with Gasteiger partial charge in [-0.25, -0.2) is 4.39 Å². The molecule has 0 atom stereocenters. The van der Waals surface area contributed by atoms with Crippen LogP contribution >= 0.6 is 11.8 Å². The van der Waals surface area contributed by atoms with E-state index in [4.69, 9.17) is 0 Å². The number of halogens is 1. The lowest BCUT2D eigenvalue weighted by atomic mass is 10.2. The minimum atomic E-state index is -0.487. The summed E-state index contributed by atoms with van der Waals surface area (Å²) in [6.45, 7) is 1.64. The number of carbonyl (C=O) groups excluding carboxylic acids is 2. The highest BCUT2D eigenvalue weighted by Crippen LogP contribution is 2.34. The molecule has 0 bridgehead atoms. The molecule has 0 unspecified atom stereocenters. The number of fused-ring (bicyclic) bond motifs is 1. The van der Waals surface area contributed by atoms with Crippen molar-refractivity contribution in [2.75, 3.05) is 22.5 Å². The summed E-state index contributed by atoms with van der Waals surface area (Å²) < 4.78 is 13.8. The second kappa shape index (κ2) is 6.42. The summed E-state index contributed by atoms with van der Waals surface area (Å²) in [6.07, 6.45) is 0. The van der Waals surface area contributed by atoms with E-state index in [0.717, 1.165) is 10.5 Å². The molecule has 1 aliphatic heterocycles. The molecule has 1 N–H and O–H groups in total. The Balaban J connectivity index is 1.76. The number of hydrogen-bond donors (Lipinski definition) is 1. The Morgan fingerprint density at radius 1 is 1.30 bits per heavy atom. The third-order valence-electron chi connectivity index (χ3n) is 3.51. The van der Waals surface area contributed by atoms with Crippen molar-refractivity contribution in [2.24, 2.45) is 0 Å². The van der Waals surface area contributed by atoms with Gasteiger partial charge in [0, 0.05) is 4.90 Å². The first-order valence-corrected chi connectivity index (χ1v) is 8.11. The van der Waals surface area contributed by atoms with Crippen LogP contribution in [0.15, 0.2) is 47.4 Å². The average Bonchev–Trinajstić information content (AvgIpc) is 2.53. The van der Waals surface area contributed by atoms with E-state index in [1.165, 1.54) is 28.8 Å². The van der Waals surface area contributed by atoms with E-state index in [-0.39, 0.29) is 18.1 Å². The summed E-state index contributed by atoms with van der Waals surface area (Å²) in [5.41, 5.74) is 1.61. The van der Waals surface area contributed by atoms with Gasteiger partial charge in [0.05, 0.1) is 17.1 Å².